The Kier molecular flexibility index (Phi) is 7.15. The predicted molar refractivity (Wildman–Crippen MR) is 79.0 cm³/mol. The van der Waals surface area contributed by atoms with Crippen LogP contribution in [-0.2, 0) is 6.18 Å². The van der Waals surface area contributed by atoms with Crippen LogP contribution in [0.4, 0.5) is 13.2 Å². The van der Waals surface area contributed by atoms with E-state index in [9.17, 15) is 13.2 Å². The fraction of sp³-hybridized carbons (Fsp3) is 0.688. The average Bonchev–Trinajstić information content (AvgIpc) is 2.47. The van der Waals surface area contributed by atoms with Gasteiger partial charge in [0, 0.05) is 12.2 Å². The maximum Gasteiger partial charge on any atom is 0.417 e. The molecule has 1 rings (SSSR count). The van der Waals surface area contributed by atoms with Gasteiger partial charge in [-0.1, -0.05) is 33.6 Å². The van der Waals surface area contributed by atoms with Crippen LogP contribution >= 0.6 is 0 Å². The summed E-state index contributed by atoms with van der Waals surface area (Å²) in [5.74, 6) is 0.559. The molecule has 0 saturated heterocycles. The van der Waals surface area contributed by atoms with E-state index in [1.807, 2.05) is 0 Å². The summed E-state index contributed by atoms with van der Waals surface area (Å²) < 4.78 is 37.8. The van der Waals surface area contributed by atoms with Crippen LogP contribution in [0.3, 0.4) is 0 Å². The first kappa shape index (κ1) is 18.0. The molecule has 0 radical (unpaired) electrons. The van der Waals surface area contributed by atoms with E-state index >= 15 is 0 Å². The molecule has 1 N–H and O–H groups in total. The normalized spacial score (nSPS) is 13.7. The Labute approximate surface area is 125 Å². The van der Waals surface area contributed by atoms with Crippen LogP contribution in [0.2, 0.25) is 0 Å². The number of pyridine rings is 1. The van der Waals surface area contributed by atoms with Crippen LogP contribution < -0.4 is 5.32 Å². The smallest absolute Gasteiger partial charge is 0.309 e. The lowest BCUT2D eigenvalue weighted by molar-refractivity contribution is -0.137. The van der Waals surface area contributed by atoms with Crippen LogP contribution in [0.25, 0.3) is 0 Å². The molecule has 0 amide bonds. The summed E-state index contributed by atoms with van der Waals surface area (Å²) in [7, 11) is 0. The molecular weight excluding hydrogens is 277 g/mol. The molecule has 21 heavy (non-hydrogen) atoms. The van der Waals surface area contributed by atoms with Crippen LogP contribution in [0.1, 0.15) is 63.8 Å². The molecule has 1 aromatic rings. The maximum absolute atomic E-state index is 12.6. The van der Waals surface area contributed by atoms with Crippen molar-refractivity contribution in [1.29, 1.82) is 0 Å². The number of hydrogen-bond donors (Lipinski definition) is 1. The number of alkyl halides is 3. The minimum absolute atomic E-state index is 0.0251. The van der Waals surface area contributed by atoms with Gasteiger partial charge in [0.15, 0.2) is 0 Å². The van der Waals surface area contributed by atoms with Gasteiger partial charge in [-0.05, 0) is 37.4 Å². The second kappa shape index (κ2) is 8.37. The molecule has 1 heterocycles. The van der Waals surface area contributed by atoms with Gasteiger partial charge >= 0.3 is 6.18 Å². The van der Waals surface area contributed by atoms with Crippen LogP contribution in [-0.4, -0.2) is 11.5 Å². The number of rotatable bonds is 8. The van der Waals surface area contributed by atoms with E-state index < -0.39 is 11.7 Å². The third-order valence-corrected chi connectivity index (χ3v) is 3.84. The maximum atomic E-state index is 12.6. The van der Waals surface area contributed by atoms with E-state index in [1.165, 1.54) is 6.07 Å². The Bertz CT molecular complexity index is 397. The van der Waals surface area contributed by atoms with Gasteiger partial charge in [-0.25, -0.2) is 0 Å². The van der Waals surface area contributed by atoms with E-state index in [4.69, 9.17) is 0 Å². The van der Waals surface area contributed by atoms with Gasteiger partial charge in [-0.15, -0.1) is 0 Å². The van der Waals surface area contributed by atoms with Crippen molar-refractivity contribution in [2.75, 3.05) is 6.54 Å². The van der Waals surface area contributed by atoms with E-state index in [0.29, 0.717) is 11.6 Å². The molecule has 0 fully saturated rings. The van der Waals surface area contributed by atoms with Crippen molar-refractivity contribution in [2.45, 2.75) is 58.7 Å². The van der Waals surface area contributed by atoms with Crippen molar-refractivity contribution in [3.63, 3.8) is 0 Å². The van der Waals surface area contributed by atoms with Crippen molar-refractivity contribution < 1.29 is 13.2 Å². The molecular formula is C16H25F3N2. The summed E-state index contributed by atoms with van der Waals surface area (Å²) in [6.45, 7) is 7.20. The monoisotopic (exact) mass is 302 g/mol. The highest BCUT2D eigenvalue weighted by molar-refractivity contribution is 5.19. The lowest BCUT2D eigenvalue weighted by Gasteiger charge is -2.23. The predicted octanol–water partition coefficient (Wildman–Crippen LogP) is 4.97. The van der Waals surface area contributed by atoms with Gasteiger partial charge in [0.1, 0.15) is 0 Å². The molecule has 0 saturated carbocycles. The molecule has 0 aliphatic heterocycles. The zero-order chi connectivity index (χ0) is 15.9. The van der Waals surface area contributed by atoms with Gasteiger partial charge in [0.25, 0.3) is 0 Å². The molecule has 1 unspecified atom stereocenters. The summed E-state index contributed by atoms with van der Waals surface area (Å²) >= 11 is 0. The van der Waals surface area contributed by atoms with E-state index in [2.05, 4.69) is 31.1 Å². The number of nitrogens with one attached hydrogen (secondary N) is 1. The second-order valence-electron chi connectivity index (χ2n) is 5.39. The van der Waals surface area contributed by atoms with Crippen molar-refractivity contribution in [2.24, 2.45) is 5.92 Å². The average molecular weight is 302 g/mol. The van der Waals surface area contributed by atoms with Gasteiger partial charge in [-0.3, -0.25) is 4.98 Å². The van der Waals surface area contributed by atoms with Crippen LogP contribution in [0.15, 0.2) is 18.3 Å². The molecule has 5 heteroatoms. The SMILES string of the molecule is CCCNC(CC(CC)CC)c1ccc(C(F)(F)F)cn1. The van der Waals surface area contributed by atoms with Crippen molar-refractivity contribution in [1.82, 2.24) is 10.3 Å². The van der Waals surface area contributed by atoms with Gasteiger partial charge < -0.3 is 5.32 Å². The molecule has 1 aromatic heterocycles. The first-order valence-corrected chi connectivity index (χ1v) is 7.68. The summed E-state index contributed by atoms with van der Waals surface area (Å²) in [5.41, 5.74) is 0.00590. The largest absolute Gasteiger partial charge is 0.417 e. The van der Waals surface area contributed by atoms with Crippen LogP contribution in [0, 0.1) is 5.92 Å². The number of nitrogens with zero attached hydrogens (tertiary/aromatic N) is 1. The van der Waals surface area contributed by atoms with Gasteiger partial charge in [-0.2, -0.15) is 13.2 Å². The van der Waals surface area contributed by atoms with E-state index in [1.54, 1.807) is 0 Å². The van der Waals surface area contributed by atoms with Crippen LogP contribution in [0.5, 0.6) is 0 Å². The lowest BCUT2D eigenvalue weighted by Crippen LogP contribution is -2.25. The first-order valence-electron chi connectivity index (χ1n) is 7.68. The number of aromatic nitrogens is 1. The van der Waals surface area contributed by atoms with Crippen molar-refractivity contribution in [3.8, 4) is 0 Å². The third kappa shape index (κ3) is 5.65. The Morgan fingerprint density at radius 2 is 1.81 bits per heavy atom. The third-order valence-electron chi connectivity index (χ3n) is 3.84. The first-order chi connectivity index (χ1) is 9.92. The highest BCUT2D eigenvalue weighted by Crippen LogP contribution is 2.30. The summed E-state index contributed by atoms with van der Waals surface area (Å²) in [5, 5.41) is 3.40. The Hall–Kier alpha value is -1.10. The molecule has 2 nitrogen and oxygen atoms in total. The van der Waals surface area contributed by atoms with Gasteiger partial charge in [0.05, 0.1) is 11.3 Å². The molecule has 1 atom stereocenters. The molecule has 0 aliphatic rings. The lowest BCUT2D eigenvalue weighted by atomic mass is 9.93. The molecule has 0 aliphatic carbocycles. The zero-order valence-corrected chi connectivity index (χ0v) is 13.0. The summed E-state index contributed by atoms with van der Waals surface area (Å²) in [6.07, 6.45) is 0.643. The molecule has 0 bridgehead atoms. The van der Waals surface area contributed by atoms with Crippen molar-refractivity contribution >= 4 is 0 Å². The Morgan fingerprint density at radius 3 is 2.24 bits per heavy atom. The minimum Gasteiger partial charge on any atom is -0.309 e. The number of hydrogen-bond acceptors (Lipinski definition) is 2. The topological polar surface area (TPSA) is 24.9 Å². The van der Waals surface area contributed by atoms with Crippen molar-refractivity contribution in [3.05, 3.63) is 29.6 Å². The molecule has 0 spiro atoms. The highest BCUT2D eigenvalue weighted by atomic mass is 19.4. The van der Waals surface area contributed by atoms with E-state index in [-0.39, 0.29) is 6.04 Å². The zero-order valence-electron chi connectivity index (χ0n) is 13.0. The number of halogens is 3. The standard InChI is InChI=1S/C16H25F3N2/c1-4-9-20-15(10-12(5-2)6-3)14-8-7-13(11-21-14)16(17,18)19/h7-8,11-12,15,20H,4-6,9-10H2,1-3H3. The molecule has 120 valence electrons. The highest BCUT2D eigenvalue weighted by Gasteiger charge is 2.31. The quantitative estimate of drug-likeness (QED) is 0.733. The Balaban J connectivity index is 2.86. The minimum atomic E-state index is -4.33. The van der Waals surface area contributed by atoms with E-state index in [0.717, 1.165) is 44.5 Å². The summed E-state index contributed by atoms with van der Waals surface area (Å²) in [4.78, 5) is 4.04. The molecule has 0 aromatic carbocycles. The fourth-order valence-corrected chi connectivity index (χ4v) is 2.36. The summed E-state index contributed by atoms with van der Waals surface area (Å²) in [6, 6.07) is 2.64. The van der Waals surface area contributed by atoms with Gasteiger partial charge in [0.2, 0.25) is 0 Å². The fourth-order valence-electron chi connectivity index (χ4n) is 2.36. The Morgan fingerprint density at radius 1 is 1.14 bits per heavy atom. The second-order valence-corrected chi connectivity index (χ2v) is 5.39.